The Hall–Kier alpha value is -6.02. The highest BCUT2D eigenvalue weighted by molar-refractivity contribution is 6.76. The molecule has 332 valence electrons. The third-order valence-electron chi connectivity index (χ3n) is 10.5. The van der Waals surface area contributed by atoms with Crippen LogP contribution in [0.4, 0.5) is 0 Å². The average molecular weight is 1000 g/mol. The maximum atomic E-state index is 12.8. The summed E-state index contributed by atoms with van der Waals surface area (Å²) in [5.74, 6) is -2.14. The van der Waals surface area contributed by atoms with Gasteiger partial charge in [-0.1, -0.05) is 203 Å². The second kappa shape index (κ2) is 19.8. The summed E-state index contributed by atoms with van der Waals surface area (Å²) in [6.07, 6.45) is 0. The van der Waals surface area contributed by atoms with E-state index in [1.54, 1.807) is 91.0 Å². The van der Waals surface area contributed by atoms with Gasteiger partial charge in [-0.2, -0.15) is 0 Å². The van der Waals surface area contributed by atoms with Crippen molar-refractivity contribution in [3.63, 3.8) is 0 Å². The second-order valence-corrected chi connectivity index (χ2v) is 19.1. The summed E-state index contributed by atoms with van der Waals surface area (Å²) in [7, 11) is 0. The van der Waals surface area contributed by atoms with Crippen LogP contribution in [0.5, 0.6) is 0 Å². The lowest BCUT2D eigenvalue weighted by Crippen LogP contribution is -2.35. The van der Waals surface area contributed by atoms with Crippen LogP contribution in [0.15, 0.2) is 138 Å². The van der Waals surface area contributed by atoms with Gasteiger partial charge in [0.05, 0.1) is 12.3 Å². The average Bonchev–Trinajstić information content (AvgIpc) is 3.76. The molecule has 6 aromatic carbocycles. The molecule has 0 fully saturated rings. The molecule has 1 aliphatic heterocycles. The summed E-state index contributed by atoms with van der Waals surface area (Å²) < 4.78 is -4.08. The van der Waals surface area contributed by atoms with Gasteiger partial charge in [0.2, 0.25) is 0 Å². The van der Waals surface area contributed by atoms with Gasteiger partial charge in [0.15, 0.2) is 28.9 Å². The van der Waals surface area contributed by atoms with Crippen LogP contribution in [0.1, 0.15) is 102 Å². The van der Waals surface area contributed by atoms with Crippen LogP contribution in [0.25, 0.3) is 0 Å². The molecule has 0 aromatic heterocycles. The van der Waals surface area contributed by atoms with Gasteiger partial charge in [-0.25, -0.2) is 0 Å². The lowest BCUT2D eigenvalue weighted by atomic mass is 9.82. The van der Waals surface area contributed by atoms with Gasteiger partial charge in [0.1, 0.15) is 6.73 Å². The molecule has 3 N–H and O–H groups in total. The number of aliphatic hydroxyl groups excluding tert-OH is 1. The number of carbonyl (C=O) groups is 7. The number of aliphatic hydroxyl groups is 1. The first-order valence-electron chi connectivity index (χ1n) is 19.6. The van der Waals surface area contributed by atoms with Crippen molar-refractivity contribution in [1.29, 1.82) is 0 Å². The van der Waals surface area contributed by atoms with Crippen molar-refractivity contribution in [1.82, 2.24) is 10.6 Å². The molecule has 0 atom stereocenters. The van der Waals surface area contributed by atoms with Crippen LogP contribution in [0.2, 0.25) is 0 Å². The normalized spacial score (nSPS) is 13.5. The highest BCUT2D eigenvalue weighted by Crippen LogP contribution is 2.35. The maximum absolute atomic E-state index is 12.8. The summed E-state index contributed by atoms with van der Waals surface area (Å²) in [5.41, 5.74) is 9.57. The molecule has 3 aliphatic carbocycles. The second-order valence-electron chi connectivity index (χ2n) is 14.5. The first-order chi connectivity index (χ1) is 31.4. The van der Waals surface area contributed by atoms with E-state index in [-0.39, 0.29) is 41.0 Å². The number of benzene rings is 6. The topological polar surface area (TPSA) is 176 Å². The first-order valence-corrected chi connectivity index (χ1v) is 21.9. The first kappa shape index (κ1) is 47.9. The molecule has 0 unspecified atom stereocenters. The standard InChI is InChI=1S/C17H10Cl3NO3.C15H9NO.C14H8O2.C3H4Cl3NO2/c18-17(19,20)16(24)21-8-9-4-3-7-12-13(9)15(23)11-6-2-1-5-10(11)14(12)22;17-15-11-6-2-1-5-10(11)14-13-9(8-16-14)4-3-7-12(13)15;15-13-9-5-1-2-6-10(9)14(16)12-8-4-3-7-11(12)13;4-3(5,6)2(9)7-1-8/h1-7H,8H2,(H,21,24);1-7H,8H2;1-8H;8H,1H2,(H,7,9). The fraction of sp³-hybridized carbons (Fsp3) is 0.102. The minimum absolute atomic E-state index is 0.0307. The molecule has 0 spiro atoms. The van der Waals surface area contributed by atoms with E-state index in [1.807, 2.05) is 41.7 Å². The molecule has 11 nitrogen and oxygen atoms in total. The van der Waals surface area contributed by atoms with Crippen molar-refractivity contribution in [2.75, 3.05) is 6.73 Å². The molecule has 4 aliphatic rings. The van der Waals surface area contributed by atoms with Crippen LogP contribution in [-0.2, 0) is 22.7 Å². The Labute approximate surface area is 406 Å². The third kappa shape index (κ3) is 9.75. The Balaban J connectivity index is 0.000000137. The van der Waals surface area contributed by atoms with E-state index >= 15 is 0 Å². The predicted molar refractivity (Wildman–Crippen MR) is 253 cm³/mol. The smallest absolute Gasteiger partial charge is 0.273 e. The highest BCUT2D eigenvalue weighted by atomic mass is 35.6. The quantitative estimate of drug-likeness (QED) is 0.116. The minimum atomic E-state index is -2.10. The molecule has 6 aromatic rings. The third-order valence-corrected chi connectivity index (χ3v) is 11.6. The van der Waals surface area contributed by atoms with Crippen molar-refractivity contribution < 1.29 is 38.7 Å². The van der Waals surface area contributed by atoms with Crippen LogP contribution in [0, 0.1) is 0 Å². The summed E-state index contributed by atoms with van der Waals surface area (Å²) >= 11 is 31.7. The lowest BCUT2D eigenvalue weighted by molar-refractivity contribution is -0.121. The van der Waals surface area contributed by atoms with E-state index in [1.165, 1.54) is 5.56 Å². The summed E-state index contributed by atoms with van der Waals surface area (Å²) in [6, 6.07) is 39.0. The molecule has 17 heteroatoms. The molecule has 0 saturated heterocycles. The Morgan fingerprint density at radius 1 is 0.455 bits per heavy atom. The van der Waals surface area contributed by atoms with Gasteiger partial charge in [0, 0.05) is 73.3 Å². The fourth-order valence-electron chi connectivity index (χ4n) is 7.56. The van der Waals surface area contributed by atoms with E-state index < -0.39 is 26.1 Å². The Morgan fingerprint density at radius 2 is 0.803 bits per heavy atom. The number of carbonyl (C=O) groups excluding carboxylic acids is 7. The van der Waals surface area contributed by atoms with Crippen LogP contribution < -0.4 is 10.6 Å². The number of rotatable bonds is 3. The number of hydrogen-bond acceptors (Lipinski definition) is 9. The minimum Gasteiger partial charge on any atom is -0.376 e. The maximum Gasteiger partial charge on any atom is 0.273 e. The van der Waals surface area contributed by atoms with Crippen molar-refractivity contribution >= 4 is 116 Å². The number of amides is 2. The molecule has 1 heterocycles. The molecular weight excluding hydrogens is 971 g/mol. The largest absolute Gasteiger partial charge is 0.376 e. The monoisotopic (exact) mass is 999 g/mol. The lowest BCUT2D eigenvalue weighted by Gasteiger charge is -2.20. The number of alkyl halides is 6. The Bertz CT molecular complexity index is 2940. The SMILES string of the molecule is O=C(NCO)C(Cl)(Cl)Cl.O=C1c2ccccc2C(=O)c2c(CNC(=O)C(Cl)(Cl)Cl)cccc21.O=C1c2ccccc2C(=O)c2ccccc21.O=C1c2ccccc2C2=NCc3cccc1c32. The number of fused-ring (bicyclic) bond motifs is 6. The number of aliphatic imine (C=N–C) groups is 1. The molecule has 0 saturated carbocycles. The molecule has 2 amide bonds. The zero-order chi connectivity index (χ0) is 47.5. The summed E-state index contributed by atoms with van der Waals surface area (Å²) in [5, 5.41) is 12.4. The Morgan fingerprint density at radius 3 is 1.23 bits per heavy atom. The number of nitrogens with one attached hydrogen (secondary N) is 2. The Kier molecular flexibility index (Phi) is 14.4. The predicted octanol–water partition coefficient (Wildman–Crippen LogP) is 8.92. The van der Waals surface area contributed by atoms with Crippen molar-refractivity contribution in [2.45, 2.75) is 20.7 Å². The summed E-state index contributed by atoms with van der Waals surface area (Å²) in [6.45, 7) is 0.129. The number of halogens is 6. The van der Waals surface area contributed by atoms with Gasteiger partial charge < -0.3 is 15.7 Å². The molecule has 0 bridgehead atoms. The van der Waals surface area contributed by atoms with Crippen LogP contribution >= 0.6 is 69.6 Å². The van der Waals surface area contributed by atoms with Crippen LogP contribution in [-0.4, -0.2) is 65.9 Å². The number of nitrogens with zero attached hydrogens (tertiary/aromatic N) is 1. The van der Waals surface area contributed by atoms with Crippen LogP contribution in [0.3, 0.4) is 0 Å². The molecule has 0 radical (unpaired) electrons. The van der Waals surface area contributed by atoms with Crippen molar-refractivity contribution in [3.8, 4) is 0 Å². The fourth-order valence-corrected chi connectivity index (χ4v) is 7.96. The van der Waals surface area contributed by atoms with Gasteiger partial charge >= 0.3 is 0 Å². The van der Waals surface area contributed by atoms with E-state index in [0.717, 1.165) is 28.0 Å². The zero-order valence-electron chi connectivity index (χ0n) is 33.8. The van der Waals surface area contributed by atoms with Gasteiger partial charge in [-0.05, 0) is 11.1 Å². The zero-order valence-corrected chi connectivity index (χ0v) is 38.4. The van der Waals surface area contributed by atoms with Gasteiger partial charge in [0.25, 0.3) is 19.4 Å². The molecule has 10 rings (SSSR count). The number of ketones is 5. The van der Waals surface area contributed by atoms with Crippen molar-refractivity contribution in [3.05, 3.63) is 211 Å². The molecule has 66 heavy (non-hydrogen) atoms. The highest BCUT2D eigenvalue weighted by Gasteiger charge is 2.35. The van der Waals surface area contributed by atoms with E-state index in [0.29, 0.717) is 51.1 Å². The van der Waals surface area contributed by atoms with Gasteiger partial charge in [-0.15, -0.1) is 0 Å². The summed E-state index contributed by atoms with van der Waals surface area (Å²) in [4.78, 5) is 88.6. The van der Waals surface area contributed by atoms with Crippen molar-refractivity contribution in [2.24, 2.45) is 4.99 Å². The molecular formula is C49H31Cl6N3O8. The van der Waals surface area contributed by atoms with Gasteiger partial charge in [-0.3, -0.25) is 38.6 Å². The van der Waals surface area contributed by atoms with E-state index in [9.17, 15) is 33.6 Å². The van der Waals surface area contributed by atoms with E-state index in [2.05, 4.69) is 16.4 Å². The number of hydrogen-bond donors (Lipinski definition) is 3. The van der Waals surface area contributed by atoms with E-state index in [4.69, 9.17) is 74.7 Å².